The maximum Gasteiger partial charge on any atom is 0.221 e. The SMILES string of the molecule is CCCc1nc(Cl)c(C)c(OCc2ccccc2F)n1. The minimum atomic E-state index is -0.293. The van der Waals surface area contributed by atoms with E-state index < -0.39 is 0 Å². The summed E-state index contributed by atoms with van der Waals surface area (Å²) in [4.78, 5) is 8.52. The molecule has 3 nitrogen and oxygen atoms in total. The van der Waals surface area contributed by atoms with Gasteiger partial charge in [0.25, 0.3) is 0 Å². The van der Waals surface area contributed by atoms with E-state index in [1.54, 1.807) is 25.1 Å². The lowest BCUT2D eigenvalue weighted by Gasteiger charge is -2.11. The highest BCUT2D eigenvalue weighted by molar-refractivity contribution is 6.30. The quantitative estimate of drug-likeness (QED) is 0.779. The normalized spacial score (nSPS) is 10.6. The highest BCUT2D eigenvalue weighted by Gasteiger charge is 2.11. The van der Waals surface area contributed by atoms with Crippen LogP contribution in [0.1, 0.15) is 30.3 Å². The summed E-state index contributed by atoms with van der Waals surface area (Å²) in [6.07, 6.45) is 1.65. The first-order chi connectivity index (χ1) is 9.61. The molecule has 0 aliphatic rings. The summed E-state index contributed by atoms with van der Waals surface area (Å²) >= 11 is 6.06. The van der Waals surface area contributed by atoms with Crippen LogP contribution in [0.3, 0.4) is 0 Å². The Morgan fingerprint density at radius 1 is 1.25 bits per heavy atom. The molecule has 2 aromatic rings. The molecule has 0 saturated carbocycles. The van der Waals surface area contributed by atoms with E-state index in [9.17, 15) is 4.39 Å². The molecule has 1 aromatic carbocycles. The van der Waals surface area contributed by atoms with Crippen LogP contribution in [-0.4, -0.2) is 9.97 Å². The van der Waals surface area contributed by atoms with Gasteiger partial charge in [-0.2, -0.15) is 4.98 Å². The zero-order valence-corrected chi connectivity index (χ0v) is 12.2. The largest absolute Gasteiger partial charge is 0.472 e. The van der Waals surface area contributed by atoms with Gasteiger partial charge in [-0.3, -0.25) is 0 Å². The molecule has 1 heterocycles. The van der Waals surface area contributed by atoms with Crippen LogP contribution in [0.5, 0.6) is 5.88 Å². The average Bonchev–Trinajstić information content (AvgIpc) is 2.43. The number of aromatic nitrogens is 2. The summed E-state index contributed by atoms with van der Waals surface area (Å²) in [5, 5.41) is 0.381. The number of aryl methyl sites for hydroxylation is 1. The Morgan fingerprint density at radius 3 is 2.70 bits per heavy atom. The Morgan fingerprint density at radius 2 is 2.00 bits per heavy atom. The van der Waals surface area contributed by atoms with E-state index in [0.717, 1.165) is 12.8 Å². The second-order valence-electron chi connectivity index (χ2n) is 4.49. The molecule has 0 amide bonds. The number of hydrogen-bond acceptors (Lipinski definition) is 3. The number of halogens is 2. The molecular weight excluding hydrogens is 279 g/mol. The van der Waals surface area contributed by atoms with Crippen molar-refractivity contribution < 1.29 is 9.13 Å². The Hall–Kier alpha value is -1.68. The first kappa shape index (κ1) is 14.7. The van der Waals surface area contributed by atoms with Crippen molar-refractivity contribution in [3.63, 3.8) is 0 Å². The van der Waals surface area contributed by atoms with Crippen molar-refractivity contribution in [2.24, 2.45) is 0 Å². The number of benzene rings is 1. The average molecular weight is 295 g/mol. The van der Waals surface area contributed by atoms with E-state index in [1.807, 2.05) is 6.92 Å². The molecule has 20 heavy (non-hydrogen) atoms. The zero-order chi connectivity index (χ0) is 14.5. The van der Waals surface area contributed by atoms with Gasteiger partial charge in [0.1, 0.15) is 23.4 Å². The lowest BCUT2D eigenvalue weighted by atomic mass is 10.2. The van der Waals surface area contributed by atoms with E-state index in [-0.39, 0.29) is 12.4 Å². The molecule has 0 unspecified atom stereocenters. The molecule has 0 fully saturated rings. The van der Waals surface area contributed by atoms with Crippen molar-refractivity contribution in [1.29, 1.82) is 0 Å². The molecule has 0 aliphatic heterocycles. The fraction of sp³-hybridized carbons (Fsp3) is 0.333. The van der Waals surface area contributed by atoms with Crippen molar-refractivity contribution in [3.05, 3.63) is 52.2 Å². The van der Waals surface area contributed by atoms with Crippen molar-refractivity contribution in [2.45, 2.75) is 33.3 Å². The maximum absolute atomic E-state index is 13.5. The molecular formula is C15H16ClFN2O. The molecule has 0 N–H and O–H groups in total. The van der Waals surface area contributed by atoms with E-state index in [1.165, 1.54) is 6.07 Å². The summed E-state index contributed by atoms with van der Waals surface area (Å²) in [6, 6.07) is 6.50. The second-order valence-corrected chi connectivity index (χ2v) is 4.85. The van der Waals surface area contributed by atoms with Gasteiger partial charge in [-0.25, -0.2) is 9.37 Å². The van der Waals surface area contributed by atoms with Crippen LogP contribution in [0, 0.1) is 12.7 Å². The second kappa shape index (κ2) is 6.66. The Labute approximate surface area is 122 Å². The monoisotopic (exact) mass is 294 g/mol. The van der Waals surface area contributed by atoms with Gasteiger partial charge in [0, 0.05) is 17.5 Å². The van der Waals surface area contributed by atoms with Crippen LogP contribution in [0.15, 0.2) is 24.3 Å². The van der Waals surface area contributed by atoms with Gasteiger partial charge in [-0.1, -0.05) is 36.7 Å². The standard InChI is InChI=1S/C15H16ClFN2O/c1-3-6-13-18-14(16)10(2)15(19-13)20-9-11-7-4-5-8-12(11)17/h4-5,7-8H,3,6,9H2,1-2H3. The third kappa shape index (κ3) is 3.45. The van der Waals surface area contributed by atoms with E-state index in [2.05, 4.69) is 9.97 Å². The summed E-state index contributed by atoms with van der Waals surface area (Å²) in [5.74, 6) is 0.766. The highest BCUT2D eigenvalue weighted by atomic mass is 35.5. The lowest BCUT2D eigenvalue weighted by molar-refractivity contribution is 0.284. The number of nitrogens with zero attached hydrogens (tertiary/aromatic N) is 2. The minimum Gasteiger partial charge on any atom is -0.472 e. The molecule has 0 bridgehead atoms. The highest BCUT2D eigenvalue weighted by Crippen LogP contribution is 2.23. The molecule has 0 aliphatic carbocycles. The Bertz CT molecular complexity index is 604. The number of ether oxygens (including phenoxy) is 1. The Balaban J connectivity index is 2.18. The van der Waals surface area contributed by atoms with Crippen molar-refractivity contribution >= 4 is 11.6 Å². The van der Waals surface area contributed by atoms with Gasteiger partial charge in [0.15, 0.2) is 0 Å². The van der Waals surface area contributed by atoms with Gasteiger partial charge in [0.2, 0.25) is 5.88 Å². The molecule has 0 saturated heterocycles. The predicted octanol–water partition coefficient (Wildman–Crippen LogP) is 4.11. The van der Waals surface area contributed by atoms with Crippen LogP contribution < -0.4 is 4.74 Å². The first-order valence-corrected chi connectivity index (χ1v) is 6.88. The third-order valence-electron chi connectivity index (χ3n) is 2.88. The predicted molar refractivity (Wildman–Crippen MR) is 76.5 cm³/mol. The summed E-state index contributed by atoms with van der Waals surface area (Å²) < 4.78 is 19.1. The van der Waals surface area contributed by atoms with E-state index in [4.69, 9.17) is 16.3 Å². The molecule has 0 atom stereocenters. The summed E-state index contributed by atoms with van der Waals surface area (Å²) in [7, 11) is 0. The smallest absolute Gasteiger partial charge is 0.221 e. The van der Waals surface area contributed by atoms with Gasteiger partial charge in [0.05, 0.1) is 0 Å². The number of hydrogen-bond donors (Lipinski definition) is 0. The fourth-order valence-corrected chi connectivity index (χ4v) is 1.93. The van der Waals surface area contributed by atoms with Crippen LogP contribution in [-0.2, 0) is 13.0 Å². The van der Waals surface area contributed by atoms with Crippen LogP contribution in [0.2, 0.25) is 5.15 Å². The topological polar surface area (TPSA) is 35.0 Å². The van der Waals surface area contributed by atoms with Crippen molar-refractivity contribution in [3.8, 4) is 5.88 Å². The van der Waals surface area contributed by atoms with Gasteiger partial charge in [-0.15, -0.1) is 0 Å². The van der Waals surface area contributed by atoms with Gasteiger partial charge >= 0.3 is 0 Å². The van der Waals surface area contributed by atoms with Crippen LogP contribution in [0.4, 0.5) is 4.39 Å². The van der Waals surface area contributed by atoms with Crippen LogP contribution in [0.25, 0.3) is 0 Å². The zero-order valence-electron chi connectivity index (χ0n) is 11.5. The van der Waals surface area contributed by atoms with E-state index in [0.29, 0.717) is 28.0 Å². The third-order valence-corrected chi connectivity index (χ3v) is 3.25. The molecule has 0 spiro atoms. The molecule has 2 rings (SSSR count). The Kier molecular flexibility index (Phi) is 4.90. The molecule has 106 valence electrons. The summed E-state index contributed by atoms with van der Waals surface area (Å²) in [5.41, 5.74) is 1.15. The molecule has 5 heteroatoms. The maximum atomic E-state index is 13.5. The molecule has 0 radical (unpaired) electrons. The molecule has 1 aromatic heterocycles. The van der Waals surface area contributed by atoms with Crippen molar-refractivity contribution in [2.75, 3.05) is 0 Å². The summed E-state index contributed by atoms with van der Waals surface area (Å²) in [6.45, 7) is 3.94. The fourth-order valence-electron chi connectivity index (χ4n) is 1.75. The van der Waals surface area contributed by atoms with Gasteiger partial charge in [-0.05, 0) is 19.4 Å². The van der Waals surface area contributed by atoms with E-state index >= 15 is 0 Å². The minimum absolute atomic E-state index is 0.117. The van der Waals surface area contributed by atoms with Crippen LogP contribution >= 0.6 is 11.6 Å². The first-order valence-electron chi connectivity index (χ1n) is 6.51. The van der Waals surface area contributed by atoms with Gasteiger partial charge < -0.3 is 4.74 Å². The van der Waals surface area contributed by atoms with Crippen molar-refractivity contribution in [1.82, 2.24) is 9.97 Å². The number of rotatable bonds is 5. The lowest BCUT2D eigenvalue weighted by Crippen LogP contribution is -2.05.